The molecule has 23 heavy (non-hydrogen) atoms. The Morgan fingerprint density at radius 1 is 1.04 bits per heavy atom. The van der Waals surface area contributed by atoms with Crippen LogP contribution in [0.15, 0.2) is 40.8 Å². The molecule has 0 radical (unpaired) electrons. The van der Waals surface area contributed by atoms with Gasteiger partial charge in [-0.3, -0.25) is 4.90 Å². The highest BCUT2D eigenvalue weighted by Gasteiger charge is 2.18. The summed E-state index contributed by atoms with van der Waals surface area (Å²) in [5, 5.41) is 0.800. The Balaban J connectivity index is 1.45. The van der Waals surface area contributed by atoms with Crippen LogP contribution < -0.4 is 4.90 Å². The number of hydrogen-bond acceptors (Lipinski definition) is 3. The second kappa shape index (κ2) is 7.41. The van der Waals surface area contributed by atoms with Gasteiger partial charge >= 0.3 is 0 Å². The van der Waals surface area contributed by atoms with Crippen molar-refractivity contribution in [1.29, 1.82) is 0 Å². The van der Waals surface area contributed by atoms with E-state index in [-0.39, 0.29) is 0 Å². The van der Waals surface area contributed by atoms with Crippen LogP contribution in [0.5, 0.6) is 0 Å². The monoisotopic (exact) mass is 332 g/mol. The number of hydrogen-bond donors (Lipinski definition) is 0. The van der Waals surface area contributed by atoms with Crippen LogP contribution in [0.3, 0.4) is 0 Å². The first-order valence-electron chi connectivity index (χ1n) is 8.41. The van der Waals surface area contributed by atoms with Crippen LogP contribution in [0.2, 0.25) is 5.02 Å². The predicted octanol–water partition coefficient (Wildman–Crippen LogP) is 4.56. The van der Waals surface area contributed by atoms with E-state index in [1.165, 1.54) is 5.69 Å². The molecule has 0 amide bonds. The van der Waals surface area contributed by atoms with Gasteiger partial charge in [-0.15, -0.1) is 0 Å². The van der Waals surface area contributed by atoms with Gasteiger partial charge in [-0.05, 0) is 56.3 Å². The van der Waals surface area contributed by atoms with Crippen molar-refractivity contribution < 1.29 is 4.42 Å². The second-order valence-electron chi connectivity index (χ2n) is 6.44. The van der Waals surface area contributed by atoms with Crippen molar-refractivity contribution in [3.05, 3.63) is 52.9 Å². The fourth-order valence-corrected chi connectivity index (χ4v) is 3.24. The van der Waals surface area contributed by atoms with Crippen molar-refractivity contribution in [2.75, 3.05) is 37.6 Å². The lowest BCUT2D eigenvalue weighted by Crippen LogP contribution is -2.46. The number of anilines is 1. The number of benzene rings is 1. The minimum Gasteiger partial charge on any atom is -0.466 e. The molecule has 1 aliphatic heterocycles. The quantitative estimate of drug-likeness (QED) is 0.800. The number of halogens is 1. The van der Waals surface area contributed by atoms with Gasteiger partial charge < -0.3 is 9.32 Å². The van der Waals surface area contributed by atoms with Crippen LogP contribution in [0.4, 0.5) is 5.69 Å². The van der Waals surface area contributed by atoms with Crippen molar-refractivity contribution in [2.45, 2.75) is 26.2 Å². The molecule has 1 saturated heterocycles. The fraction of sp³-hybridized carbons (Fsp3) is 0.474. The Hall–Kier alpha value is -1.45. The highest BCUT2D eigenvalue weighted by atomic mass is 35.5. The van der Waals surface area contributed by atoms with E-state index in [0.29, 0.717) is 5.92 Å². The zero-order valence-electron chi connectivity index (χ0n) is 14.0. The van der Waals surface area contributed by atoms with E-state index in [2.05, 4.69) is 41.0 Å². The van der Waals surface area contributed by atoms with E-state index < -0.39 is 0 Å². The molecule has 1 aromatic heterocycles. The lowest BCUT2D eigenvalue weighted by molar-refractivity contribution is 0.246. The zero-order valence-corrected chi connectivity index (χ0v) is 14.7. The molecule has 0 spiro atoms. The maximum Gasteiger partial charge on any atom is 0.107 e. The predicted molar refractivity (Wildman–Crippen MR) is 96.6 cm³/mol. The van der Waals surface area contributed by atoms with Crippen LogP contribution in [0, 0.1) is 6.92 Å². The van der Waals surface area contributed by atoms with Gasteiger partial charge in [0, 0.05) is 42.8 Å². The molecule has 0 saturated carbocycles. The topological polar surface area (TPSA) is 19.6 Å². The number of aryl methyl sites for hydroxylation is 1. The van der Waals surface area contributed by atoms with Gasteiger partial charge in [0.15, 0.2) is 0 Å². The summed E-state index contributed by atoms with van der Waals surface area (Å²) in [6.45, 7) is 9.79. The number of piperazine rings is 1. The Kier molecular flexibility index (Phi) is 5.29. The van der Waals surface area contributed by atoms with E-state index in [9.17, 15) is 0 Å². The van der Waals surface area contributed by atoms with Gasteiger partial charge in [-0.25, -0.2) is 0 Å². The van der Waals surface area contributed by atoms with E-state index >= 15 is 0 Å². The molecule has 2 heterocycles. The standard InChI is InChI=1S/C19H25ClN2O/c1-15(19-8-3-16(2)23-19)9-10-21-11-13-22(14-12-21)18-6-4-17(20)5-7-18/h3-8,15H,9-14H2,1-2H3/t15-/m0/s1. The van der Waals surface area contributed by atoms with Gasteiger partial charge in [-0.1, -0.05) is 18.5 Å². The largest absolute Gasteiger partial charge is 0.466 e. The van der Waals surface area contributed by atoms with Crippen molar-refractivity contribution in [1.82, 2.24) is 4.90 Å². The minimum atomic E-state index is 0.484. The van der Waals surface area contributed by atoms with E-state index in [1.54, 1.807) is 0 Å². The summed E-state index contributed by atoms with van der Waals surface area (Å²) in [7, 11) is 0. The SMILES string of the molecule is Cc1ccc([C@@H](C)CCN2CCN(c3ccc(Cl)cc3)CC2)o1. The molecule has 4 heteroatoms. The molecule has 0 N–H and O–H groups in total. The van der Waals surface area contributed by atoms with Crippen LogP contribution >= 0.6 is 11.6 Å². The van der Waals surface area contributed by atoms with Crippen LogP contribution in [-0.4, -0.2) is 37.6 Å². The molecule has 124 valence electrons. The molecule has 3 nitrogen and oxygen atoms in total. The van der Waals surface area contributed by atoms with Crippen LogP contribution in [-0.2, 0) is 0 Å². The summed E-state index contributed by atoms with van der Waals surface area (Å²) in [5.41, 5.74) is 1.27. The molecule has 3 rings (SSSR count). The molecule has 1 atom stereocenters. The van der Waals surface area contributed by atoms with E-state index in [0.717, 1.165) is 55.7 Å². The first kappa shape index (κ1) is 16.4. The summed E-state index contributed by atoms with van der Waals surface area (Å²) in [6, 6.07) is 12.3. The average Bonchev–Trinajstić information content (AvgIpc) is 3.00. The Bertz CT molecular complexity index is 615. The summed E-state index contributed by atoms with van der Waals surface area (Å²) >= 11 is 5.96. The summed E-state index contributed by atoms with van der Waals surface area (Å²) in [6.07, 6.45) is 1.15. The number of furan rings is 1. The Morgan fingerprint density at radius 2 is 1.74 bits per heavy atom. The van der Waals surface area contributed by atoms with Crippen molar-refractivity contribution in [2.24, 2.45) is 0 Å². The van der Waals surface area contributed by atoms with Gasteiger partial charge in [0.1, 0.15) is 11.5 Å². The van der Waals surface area contributed by atoms with Crippen molar-refractivity contribution in [3.8, 4) is 0 Å². The first-order valence-corrected chi connectivity index (χ1v) is 8.79. The molecule has 0 bridgehead atoms. The third-order valence-electron chi connectivity index (χ3n) is 4.69. The van der Waals surface area contributed by atoms with Crippen LogP contribution in [0.25, 0.3) is 0 Å². The second-order valence-corrected chi connectivity index (χ2v) is 6.88. The average molecular weight is 333 g/mol. The summed E-state index contributed by atoms with van der Waals surface area (Å²) in [4.78, 5) is 4.99. The third kappa shape index (κ3) is 4.30. The molecule has 1 aromatic carbocycles. The highest BCUT2D eigenvalue weighted by Crippen LogP contribution is 2.23. The third-order valence-corrected chi connectivity index (χ3v) is 4.94. The number of nitrogens with zero attached hydrogens (tertiary/aromatic N) is 2. The fourth-order valence-electron chi connectivity index (χ4n) is 3.12. The minimum absolute atomic E-state index is 0.484. The Labute approximate surface area is 143 Å². The summed E-state index contributed by atoms with van der Waals surface area (Å²) in [5.74, 6) is 2.60. The molecular formula is C19H25ClN2O. The van der Waals surface area contributed by atoms with Gasteiger partial charge in [-0.2, -0.15) is 0 Å². The molecule has 0 aliphatic carbocycles. The zero-order chi connectivity index (χ0) is 16.2. The van der Waals surface area contributed by atoms with E-state index in [1.807, 2.05) is 19.1 Å². The van der Waals surface area contributed by atoms with Crippen molar-refractivity contribution in [3.63, 3.8) is 0 Å². The van der Waals surface area contributed by atoms with Gasteiger partial charge in [0.25, 0.3) is 0 Å². The molecule has 1 fully saturated rings. The normalized spacial score (nSPS) is 17.4. The molecule has 1 aliphatic rings. The maximum absolute atomic E-state index is 5.96. The molecule has 2 aromatic rings. The van der Waals surface area contributed by atoms with Crippen molar-refractivity contribution >= 4 is 17.3 Å². The first-order chi connectivity index (χ1) is 11.1. The maximum atomic E-state index is 5.96. The highest BCUT2D eigenvalue weighted by molar-refractivity contribution is 6.30. The molecular weight excluding hydrogens is 308 g/mol. The number of rotatable bonds is 5. The molecule has 0 unspecified atom stereocenters. The smallest absolute Gasteiger partial charge is 0.107 e. The van der Waals surface area contributed by atoms with Gasteiger partial charge in [0.05, 0.1) is 0 Å². The Morgan fingerprint density at radius 3 is 2.35 bits per heavy atom. The van der Waals surface area contributed by atoms with E-state index in [4.69, 9.17) is 16.0 Å². The summed E-state index contributed by atoms with van der Waals surface area (Å²) < 4.78 is 5.73. The lowest BCUT2D eigenvalue weighted by Gasteiger charge is -2.36. The van der Waals surface area contributed by atoms with Crippen LogP contribution in [0.1, 0.15) is 30.8 Å². The lowest BCUT2D eigenvalue weighted by atomic mass is 10.0. The van der Waals surface area contributed by atoms with Gasteiger partial charge in [0.2, 0.25) is 0 Å².